The second kappa shape index (κ2) is 8.39. The van der Waals surface area contributed by atoms with Crippen LogP contribution in [0.1, 0.15) is 36.1 Å². The number of carbonyl (C=O) groups is 1. The summed E-state index contributed by atoms with van der Waals surface area (Å²) in [5, 5.41) is 0.407. The van der Waals surface area contributed by atoms with Gasteiger partial charge in [-0.1, -0.05) is 11.6 Å². The van der Waals surface area contributed by atoms with E-state index in [0.717, 1.165) is 0 Å². The minimum absolute atomic E-state index is 0.120. The molecule has 2 heterocycles. The molecule has 0 aliphatic carbocycles. The summed E-state index contributed by atoms with van der Waals surface area (Å²) in [5.74, 6) is -0.394. The number of hydrogen-bond acceptors (Lipinski definition) is 6. The van der Waals surface area contributed by atoms with Crippen LogP contribution in [0.4, 0.5) is 0 Å². The van der Waals surface area contributed by atoms with Crippen LogP contribution in [0, 0.1) is 0 Å². The van der Waals surface area contributed by atoms with Crippen LogP contribution in [0.3, 0.4) is 0 Å². The molecule has 27 heavy (non-hydrogen) atoms. The van der Waals surface area contributed by atoms with E-state index in [9.17, 15) is 9.59 Å². The third-order valence-electron chi connectivity index (χ3n) is 3.81. The zero-order valence-electron chi connectivity index (χ0n) is 16.4. The molecule has 0 radical (unpaired) electrons. The molecule has 1 aliphatic rings. The largest absolute Gasteiger partial charge is 0.462 e. The average Bonchev–Trinajstić information content (AvgIpc) is 2.58. The summed E-state index contributed by atoms with van der Waals surface area (Å²) >= 11 is 6.61. The van der Waals surface area contributed by atoms with E-state index in [1.54, 1.807) is 18.2 Å². The second-order valence-electron chi connectivity index (χ2n) is 6.49. The van der Waals surface area contributed by atoms with Gasteiger partial charge in [-0.15, -0.1) is 0 Å². The van der Waals surface area contributed by atoms with Crippen LogP contribution in [0.15, 0.2) is 32.8 Å². The summed E-state index contributed by atoms with van der Waals surface area (Å²) in [5.41, 5.74) is 0.456. The molecule has 0 bridgehead atoms. The van der Waals surface area contributed by atoms with Gasteiger partial charge in [-0.25, -0.2) is 14.8 Å². The van der Waals surface area contributed by atoms with E-state index in [-0.39, 0.29) is 12.2 Å². The van der Waals surface area contributed by atoms with Crippen LogP contribution in [0.25, 0.3) is 5.70 Å². The number of hydrogen-bond donors (Lipinski definition) is 0. The monoisotopic (exact) mass is 393 g/mol. The highest BCUT2D eigenvalue weighted by Crippen LogP contribution is 2.38. The van der Waals surface area contributed by atoms with Crippen LogP contribution < -0.4 is 5.56 Å². The molecular formula is C18H24ClN5O3. The summed E-state index contributed by atoms with van der Waals surface area (Å²) < 4.78 is 6.39. The van der Waals surface area contributed by atoms with Gasteiger partial charge in [-0.2, -0.15) is 0 Å². The first-order chi connectivity index (χ1) is 12.7. The summed E-state index contributed by atoms with van der Waals surface area (Å²) in [4.78, 5) is 37.4. The Bertz CT molecular complexity index is 883. The maximum atomic E-state index is 13.0. The number of ether oxygens (including phenoxy) is 1. The second-order valence-corrected chi connectivity index (χ2v) is 6.86. The molecule has 0 amide bonds. The number of aromatic nitrogens is 2. The highest BCUT2D eigenvalue weighted by atomic mass is 35.5. The third-order valence-corrected chi connectivity index (χ3v) is 4.21. The normalized spacial score (nSPS) is 18.0. The lowest BCUT2D eigenvalue weighted by Crippen LogP contribution is -2.35. The van der Waals surface area contributed by atoms with Gasteiger partial charge in [-0.05, 0) is 13.8 Å². The Morgan fingerprint density at radius 3 is 2.59 bits per heavy atom. The molecule has 1 aliphatic heterocycles. The van der Waals surface area contributed by atoms with E-state index in [0.29, 0.717) is 22.1 Å². The minimum atomic E-state index is -0.699. The number of halogens is 1. The molecule has 0 N–H and O–H groups in total. The first-order valence-corrected chi connectivity index (χ1v) is 8.84. The van der Waals surface area contributed by atoms with Gasteiger partial charge in [0.05, 0.1) is 24.0 Å². The van der Waals surface area contributed by atoms with Gasteiger partial charge in [0.25, 0.3) is 5.56 Å². The predicted octanol–water partition coefficient (Wildman–Crippen LogP) is 1.94. The molecule has 1 aromatic rings. The maximum absolute atomic E-state index is 13.0. The third kappa shape index (κ3) is 4.21. The van der Waals surface area contributed by atoms with Crippen LogP contribution in [-0.2, 0) is 4.74 Å². The highest BCUT2D eigenvalue weighted by molar-refractivity contribution is 6.35. The topological polar surface area (TPSA) is 80.0 Å². The summed E-state index contributed by atoms with van der Waals surface area (Å²) in [6, 6.07) is -0.428. The fourth-order valence-electron chi connectivity index (χ4n) is 2.64. The van der Waals surface area contributed by atoms with Crippen molar-refractivity contribution in [1.29, 1.82) is 0 Å². The molecule has 1 aromatic heterocycles. The van der Waals surface area contributed by atoms with Gasteiger partial charge >= 0.3 is 5.97 Å². The van der Waals surface area contributed by atoms with Gasteiger partial charge in [-0.3, -0.25) is 9.36 Å². The molecule has 146 valence electrons. The molecule has 2 rings (SSSR count). The molecular weight excluding hydrogens is 370 g/mol. The molecule has 0 fully saturated rings. The SMILES string of the molecule is CCOC(=O)c1cnc2n(c1=O)C(C)/C(=C\N(C)C)C(Cl)=C2N=CN(C)C. The Balaban J connectivity index is 2.77. The molecule has 9 heteroatoms. The van der Waals surface area contributed by atoms with Crippen LogP contribution in [0.5, 0.6) is 0 Å². The Morgan fingerprint density at radius 1 is 1.37 bits per heavy atom. The maximum Gasteiger partial charge on any atom is 0.345 e. The minimum Gasteiger partial charge on any atom is -0.462 e. The van der Waals surface area contributed by atoms with E-state index < -0.39 is 17.6 Å². The Morgan fingerprint density at radius 2 is 2.04 bits per heavy atom. The summed E-state index contributed by atoms with van der Waals surface area (Å²) in [6.45, 7) is 3.68. The number of aliphatic imine (C=N–C) groups is 1. The molecule has 0 saturated carbocycles. The Hall–Kier alpha value is -2.61. The van der Waals surface area contributed by atoms with Crippen molar-refractivity contribution in [2.75, 3.05) is 34.8 Å². The standard InChI is InChI=1S/C18H24ClN5O3/c1-7-27-18(26)12-8-20-16-15(21-10-23(5)6)14(19)13(9-22(3)4)11(2)24(16)17(12)25/h8-11H,7H2,1-6H3/b13-9+,21-10?. The quantitative estimate of drug-likeness (QED) is 0.432. The Kier molecular flexibility index (Phi) is 6.43. The fraction of sp³-hybridized carbons (Fsp3) is 0.444. The van der Waals surface area contributed by atoms with Crippen molar-refractivity contribution in [3.8, 4) is 0 Å². The number of fused-ring (bicyclic) bond motifs is 1. The number of allylic oxidation sites excluding steroid dienone is 2. The smallest absolute Gasteiger partial charge is 0.345 e. The zero-order chi connectivity index (χ0) is 20.3. The number of rotatable bonds is 5. The average molecular weight is 394 g/mol. The van der Waals surface area contributed by atoms with E-state index in [2.05, 4.69) is 9.98 Å². The first-order valence-electron chi connectivity index (χ1n) is 8.46. The van der Waals surface area contributed by atoms with Crippen molar-refractivity contribution >= 4 is 29.6 Å². The van der Waals surface area contributed by atoms with E-state index in [1.165, 1.54) is 10.8 Å². The van der Waals surface area contributed by atoms with E-state index in [4.69, 9.17) is 16.3 Å². The number of carbonyl (C=O) groups excluding carboxylic acids is 1. The van der Waals surface area contributed by atoms with Crippen LogP contribution >= 0.6 is 11.6 Å². The van der Waals surface area contributed by atoms with Crippen LogP contribution in [0.2, 0.25) is 0 Å². The van der Waals surface area contributed by atoms with Gasteiger partial charge < -0.3 is 14.5 Å². The van der Waals surface area contributed by atoms with Crippen molar-refractivity contribution in [1.82, 2.24) is 19.4 Å². The first kappa shape index (κ1) is 20.7. The lowest BCUT2D eigenvalue weighted by Gasteiger charge is -2.28. The number of nitrogens with zero attached hydrogens (tertiary/aromatic N) is 5. The van der Waals surface area contributed by atoms with Crippen molar-refractivity contribution in [2.24, 2.45) is 4.99 Å². The number of esters is 1. The Labute approximate surface area is 163 Å². The molecule has 1 unspecified atom stereocenters. The zero-order valence-corrected chi connectivity index (χ0v) is 17.1. The molecule has 0 spiro atoms. The van der Waals surface area contributed by atoms with Gasteiger partial charge in [0, 0.05) is 46.2 Å². The molecule has 0 aromatic carbocycles. The molecule has 1 atom stereocenters. The summed E-state index contributed by atoms with van der Waals surface area (Å²) in [6.07, 6.45) is 4.62. The van der Waals surface area contributed by atoms with E-state index in [1.807, 2.05) is 46.2 Å². The van der Waals surface area contributed by atoms with Gasteiger partial charge in [0.1, 0.15) is 11.3 Å². The van der Waals surface area contributed by atoms with E-state index >= 15 is 0 Å². The van der Waals surface area contributed by atoms with Crippen molar-refractivity contribution in [2.45, 2.75) is 19.9 Å². The highest BCUT2D eigenvalue weighted by Gasteiger charge is 2.31. The van der Waals surface area contributed by atoms with Crippen molar-refractivity contribution < 1.29 is 9.53 Å². The predicted molar refractivity (Wildman–Crippen MR) is 106 cm³/mol. The van der Waals surface area contributed by atoms with Crippen LogP contribution in [-0.4, -0.2) is 66.5 Å². The fourth-order valence-corrected chi connectivity index (χ4v) is 2.98. The summed E-state index contributed by atoms with van der Waals surface area (Å²) in [7, 11) is 7.37. The lowest BCUT2D eigenvalue weighted by atomic mass is 10.0. The van der Waals surface area contributed by atoms with Gasteiger partial charge in [0.2, 0.25) is 0 Å². The van der Waals surface area contributed by atoms with Crippen molar-refractivity contribution in [3.05, 3.63) is 44.7 Å². The molecule has 8 nitrogen and oxygen atoms in total. The molecule has 0 saturated heterocycles. The van der Waals surface area contributed by atoms with Crippen molar-refractivity contribution in [3.63, 3.8) is 0 Å². The van der Waals surface area contributed by atoms with Gasteiger partial charge in [0.15, 0.2) is 5.82 Å². The lowest BCUT2D eigenvalue weighted by molar-refractivity contribution is 0.0522.